The first-order valence-electron chi connectivity index (χ1n) is 7.04. The topological polar surface area (TPSA) is 46.6 Å². The molecule has 1 aliphatic heterocycles. The molecule has 0 radical (unpaired) electrons. The highest BCUT2D eigenvalue weighted by Gasteiger charge is 2.38. The first-order chi connectivity index (χ1) is 9.42. The van der Waals surface area contributed by atoms with E-state index in [2.05, 4.69) is 0 Å². The van der Waals surface area contributed by atoms with E-state index in [4.69, 9.17) is 4.74 Å². The molecule has 0 saturated carbocycles. The van der Waals surface area contributed by atoms with E-state index in [1.54, 1.807) is 4.31 Å². The zero-order chi connectivity index (χ0) is 14.6. The monoisotopic (exact) mass is 297 g/mol. The zero-order valence-electron chi connectivity index (χ0n) is 12.2. The van der Waals surface area contributed by atoms with E-state index in [0.717, 1.165) is 6.42 Å². The Morgan fingerprint density at radius 1 is 1.25 bits per heavy atom. The van der Waals surface area contributed by atoms with Crippen LogP contribution in [0.5, 0.6) is 0 Å². The van der Waals surface area contributed by atoms with Crippen molar-refractivity contribution in [2.24, 2.45) is 0 Å². The standard InChI is InChI=1S/C15H23NO3S/c1-15(2)13-19-11-10-16(15)20(17,18)12-6-9-14-7-4-3-5-8-14/h3-5,7-8H,6,9-13H2,1-2H3. The van der Waals surface area contributed by atoms with Gasteiger partial charge in [-0.1, -0.05) is 30.3 Å². The second-order valence-corrected chi connectivity index (χ2v) is 7.86. The minimum Gasteiger partial charge on any atom is -0.378 e. The predicted octanol–water partition coefficient (Wildman–Crippen LogP) is 2.06. The summed E-state index contributed by atoms with van der Waals surface area (Å²) in [6.45, 7) is 5.24. The summed E-state index contributed by atoms with van der Waals surface area (Å²) in [7, 11) is -3.21. The van der Waals surface area contributed by atoms with Gasteiger partial charge in [0, 0.05) is 6.54 Å². The van der Waals surface area contributed by atoms with Gasteiger partial charge in [0.1, 0.15) is 0 Å². The van der Waals surface area contributed by atoms with Crippen molar-refractivity contribution in [2.45, 2.75) is 32.2 Å². The molecule has 1 aromatic rings. The minimum absolute atomic E-state index is 0.200. The first kappa shape index (κ1) is 15.5. The van der Waals surface area contributed by atoms with Crippen LogP contribution in [-0.4, -0.2) is 43.8 Å². The van der Waals surface area contributed by atoms with Crippen LogP contribution < -0.4 is 0 Å². The summed E-state index contributed by atoms with van der Waals surface area (Å²) in [6, 6.07) is 10.00. The SMILES string of the molecule is CC1(C)COCCN1S(=O)(=O)CCCc1ccccc1. The van der Waals surface area contributed by atoms with Crippen LogP contribution in [0.4, 0.5) is 0 Å². The van der Waals surface area contributed by atoms with Crippen molar-refractivity contribution < 1.29 is 13.2 Å². The van der Waals surface area contributed by atoms with Crippen LogP contribution in [0.1, 0.15) is 25.8 Å². The van der Waals surface area contributed by atoms with E-state index >= 15 is 0 Å². The van der Waals surface area contributed by atoms with Crippen molar-refractivity contribution in [2.75, 3.05) is 25.5 Å². The van der Waals surface area contributed by atoms with Crippen molar-refractivity contribution >= 4 is 10.0 Å². The van der Waals surface area contributed by atoms with Crippen molar-refractivity contribution in [3.8, 4) is 0 Å². The van der Waals surface area contributed by atoms with Crippen LogP contribution in [0.2, 0.25) is 0 Å². The van der Waals surface area contributed by atoms with Crippen LogP contribution >= 0.6 is 0 Å². The molecule has 20 heavy (non-hydrogen) atoms. The molecular weight excluding hydrogens is 274 g/mol. The summed E-state index contributed by atoms with van der Waals surface area (Å²) in [4.78, 5) is 0. The van der Waals surface area contributed by atoms with E-state index in [0.29, 0.717) is 26.2 Å². The van der Waals surface area contributed by atoms with Gasteiger partial charge in [-0.3, -0.25) is 0 Å². The molecule has 112 valence electrons. The minimum atomic E-state index is -3.21. The number of morpholine rings is 1. The summed E-state index contributed by atoms with van der Waals surface area (Å²) < 4.78 is 31.9. The number of ether oxygens (including phenoxy) is 1. The van der Waals surface area contributed by atoms with Gasteiger partial charge in [-0.05, 0) is 32.3 Å². The lowest BCUT2D eigenvalue weighted by molar-refractivity contribution is -0.00769. The van der Waals surface area contributed by atoms with E-state index in [9.17, 15) is 8.42 Å². The molecule has 0 spiro atoms. The maximum absolute atomic E-state index is 12.5. The molecular formula is C15H23NO3S. The molecule has 0 aliphatic carbocycles. The number of rotatable bonds is 5. The second-order valence-electron chi connectivity index (χ2n) is 5.84. The van der Waals surface area contributed by atoms with Crippen LogP contribution in [-0.2, 0) is 21.2 Å². The molecule has 2 rings (SSSR count). The fraction of sp³-hybridized carbons (Fsp3) is 0.600. The predicted molar refractivity (Wildman–Crippen MR) is 80.2 cm³/mol. The molecule has 1 fully saturated rings. The van der Waals surface area contributed by atoms with Gasteiger partial charge < -0.3 is 4.74 Å². The van der Waals surface area contributed by atoms with Crippen molar-refractivity contribution in [3.63, 3.8) is 0 Å². The Hall–Kier alpha value is -0.910. The number of benzene rings is 1. The quantitative estimate of drug-likeness (QED) is 0.836. The van der Waals surface area contributed by atoms with Gasteiger partial charge in [-0.2, -0.15) is 4.31 Å². The number of sulfonamides is 1. The van der Waals surface area contributed by atoms with Gasteiger partial charge >= 0.3 is 0 Å². The molecule has 0 bridgehead atoms. The molecule has 4 nitrogen and oxygen atoms in total. The van der Waals surface area contributed by atoms with Crippen LogP contribution in [0.25, 0.3) is 0 Å². The number of nitrogens with zero attached hydrogens (tertiary/aromatic N) is 1. The van der Waals surface area contributed by atoms with Crippen molar-refractivity contribution in [1.82, 2.24) is 4.31 Å². The molecule has 0 N–H and O–H groups in total. The summed E-state index contributed by atoms with van der Waals surface area (Å²) in [5, 5.41) is 0. The molecule has 0 unspecified atom stereocenters. The summed E-state index contributed by atoms with van der Waals surface area (Å²) >= 11 is 0. The Kier molecular flexibility index (Phi) is 4.83. The van der Waals surface area contributed by atoms with Crippen LogP contribution in [0.15, 0.2) is 30.3 Å². The van der Waals surface area contributed by atoms with Crippen LogP contribution in [0.3, 0.4) is 0 Å². The van der Waals surface area contributed by atoms with Crippen LogP contribution in [0, 0.1) is 0 Å². The summed E-state index contributed by atoms with van der Waals surface area (Å²) in [6.07, 6.45) is 1.45. The summed E-state index contributed by atoms with van der Waals surface area (Å²) in [5.41, 5.74) is 0.744. The molecule has 1 heterocycles. The van der Waals surface area contributed by atoms with Gasteiger partial charge in [0.05, 0.1) is 24.5 Å². The lowest BCUT2D eigenvalue weighted by Crippen LogP contribution is -2.55. The highest BCUT2D eigenvalue weighted by atomic mass is 32.2. The lowest BCUT2D eigenvalue weighted by atomic mass is 10.1. The average molecular weight is 297 g/mol. The molecule has 1 aliphatic rings. The smallest absolute Gasteiger partial charge is 0.214 e. The molecule has 0 atom stereocenters. The third-order valence-electron chi connectivity index (χ3n) is 3.62. The van der Waals surface area contributed by atoms with Crippen molar-refractivity contribution in [3.05, 3.63) is 35.9 Å². The fourth-order valence-electron chi connectivity index (χ4n) is 2.57. The Balaban J connectivity index is 1.94. The van der Waals surface area contributed by atoms with Crippen molar-refractivity contribution in [1.29, 1.82) is 0 Å². The number of hydrogen-bond acceptors (Lipinski definition) is 3. The Morgan fingerprint density at radius 3 is 2.60 bits per heavy atom. The highest BCUT2D eigenvalue weighted by Crippen LogP contribution is 2.23. The maximum Gasteiger partial charge on any atom is 0.214 e. The number of hydrogen-bond donors (Lipinski definition) is 0. The van der Waals surface area contributed by atoms with Gasteiger partial charge in [-0.15, -0.1) is 0 Å². The zero-order valence-corrected chi connectivity index (χ0v) is 13.0. The number of aryl methyl sites for hydroxylation is 1. The lowest BCUT2D eigenvalue weighted by Gasteiger charge is -2.40. The molecule has 5 heteroatoms. The van der Waals surface area contributed by atoms with Gasteiger partial charge in [0.25, 0.3) is 0 Å². The Morgan fingerprint density at radius 2 is 1.95 bits per heavy atom. The van der Waals surface area contributed by atoms with Gasteiger partial charge in [0.2, 0.25) is 10.0 Å². The second kappa shape index (κ2) is 6.24. The molecule has 1 saturated heterocycles. The van der Waals surface area contributed by atoms with E-state index in [-0.39, 0.29) is 5.75 Å². The Labute approximate surface area is 121 Å². The summed E-state index contributed by atoms with van der Waals surface area (Å²) in [5.74, 6) is 0.200. The highest BCUT2D eigenvalue weighted by molar-refractivity contribution is 7.89. The average Bonchev–Trinajstić information content (AvgIpc) is 2.39. The normalized spacial score (nSPS) is 19.9. The first-order valence-corrected chi connectivity index (χ1v) is 8.65. The maximum atomic E-state index is 12.5. The third-order valence-corrected chi connectivity index (χ3v) is 5.77. The van der Waals surface area contributed by atoms with Gasteiger partial charge in [-0.25, -0.2) is 8.42 Å². The van der Waals surface area contributed by atoms with E-state index in [1.807, 2.05) is 44.2 Å². The van der Waals surface area contributed by atoms with E-state index < -0.39 is 15.6 Å². The van der Waals surface area contributed by atoms with E-state index in [1.165, 1.54) is 5.56 Å². The fourth-order valence-corrected chi connectivity index (χ4v) is 4.46. The molecule has 1 aromatic carbocycles. The largest absolute Gasteiger partial charge is 0.378 e. The Bertz CT molecular complexity index is 525. The third kappa shape index (κ3) is 3.81. The van der Waals surface area contributed by atoms with Gasteiger partial charge in [0.15, 0.2) is 0 Å². The molecule has 0 aromatic heterocycles. The molecule has 0 amide bonds.